The molecule has 12 heteroatoms. The van der Waals surface area contributed by atoms with E-state index in [-0.39, 0.29) is 28.5 Å². The SMILES string of the molecule is Cc1nc(C(F)(F)F)ccc1-c1noc(-c2cc(O)c(O)c([N+](=O)[O-])c2)n1. The highest BCUT2D eigenvalue weighted by molar-refractivity contribution is 5.69. The second kappa shape index (κ2) is 6.23. The quantitative estimate of drug-likeness (QED) is 0.399. The summed E-state index contributed by atoms with van der Waals surface area (Å²) in [6.07, 6.45) is -4.60. The maximum atomic E-state index is 12.7. The molecule has 1 aromatic carbocycles. The lowest BCUT2D eigenvalue weighted by atomic mass is 10.1. The van der Waals surface area contributed by atoms with Gasteiger partial charge < -0.3 is 14.7 Å². The fraction of sp³-hybridized carbons (Fsp3) is 0.133. The molecule has 27 heavy (non-hydrogen) atoms. The van der Waals surface area contributed by atoms with Crippen LogP contribution in [0.25, 0.3) is 22.8 Å². The van der Waals surface area contributed by atoms with E-state index in [4.69, 9.17) is 4.52 Å². The average molecular weight is 382 g/mol. The summed E-state index contributed by atoms with van der Waals surface area (Å²) in [6.45, 7) is 1.33. The Hall–Kier alpha value is -3.70. The molecule has 0 spiro atoms. The van der Waals surface area contributed by atoms with Crippen molar-refractivity contribution in [2.75, 3.05) is 0 Å². The van der Waals surface area contributed by atoms with Crippen LogP contribution in [-0.2, 0) is 6.18 Å². The highest BCUT2D eigenvalue weighted by Crippen LogP contribution is 2.39. The van der Waals surface area contributed by atoms with E-state index in [0.29, 0.717) is 0 Å². The molecule has 0 fully saturated rings. The van der Waals surface area contributed by atoms with E-state index >= 15 is 0 Å². The Balaban J connectivity index is 2.02. The number of nitro benzene ring substituents is 1. The van der Waals surface area contributed by atoms with E-state index in [9.17, 15) is 33.5 Å². The molecule has 0 bridgehead atoms. The van der Waals surface area contributed by atoms with Gasteiger partial charge in [0.2, 0.25) is 11.6 Å². The molecule has 0 saturated heterocycles. The number of hydrogen-bond acceptors (Lipinski definition) is 8. The van der Waals surface area contributed by atoms with E-state index in [0.717, 1.165) is 24.3 Å². The second-order valence-corrected chi connectivity index (χ2v) is 5.37. The highest BCUT2D eigenvalue weighted by Gasteiger charge is 2.33. The topological polar surface area (TPSA) is 135 Å². The summed E-state index contributed by atoms with van der Waals surface area (Å²) in [6, 6.07) is 3.76. The Morgan fingerprint density at radius 1 is 1.19 bits per heavy atom. The molecule has 0 aliphatic heterocycles. The molecule has 2 heterocycles. The zero-order chi connectivity index (χ0) is 19.9. The normalized spacial score (nSPS) is 11.6. The second-order valence-electron chi connectivity index (χ2n) is 5.37. The van der Waals surface area contributed by atoms with Gasteiger partial charge in [0.05, 0.1) is 10.5 Å². The lowest BCUT2D eigenvalue weighted by molar-refractivity contribution is -0.385. The van der Waals surface area contributed by atoms with Crippen molar-refractivity contribution in [3.05, 3.63) is 45.8 Å². The smallest absolute Gasteiger partial charge is 0.433 e. The third-order valence-corrected chi connectivity index (χ3v) is 3.56. The van der Waals surface area contributed by atoms with Gasteiger partial charge in [-0.3, -0.25) is 10.1 Å². The summed E-state index contributed by atoms with van der Waals surface area (Å²) < 4.78 is 43.0. The van der Waals surface area contributed by atoms with Gasteiger partial charge in [0.25, 0.3) is 5.89 Å². The van der Waals surface area contributed by atoms with Crippen LogP contribution in [0.3, 0.4) is 0 Å². The predicted octanol–water partition coefficient (Wildman–Crippen LogP) is 3.45. The Morgan fingerprint density at radius 3 is 2.48 bits per heavy atom. The lowest BCUT2D eigenvalue weighted by Gasteiger charge is -2.07. The van der Waals surface area contributed by atoms with E-state index in [1.165, 1.54) is 6.92 Å². The van der Waals surface area contributed by atoms with E-state index in [1.807, 2.05) is 0 Å². The average Bonchev–Trinajstić information content (AvgIpc) is 3.05. The number of phenols is 2. The summed E-state index contributed by atoms with van der Waals surface area (Å²) >= 11 is 0. The van der Waals surface area contributed by atoms with Crippen LogP contribution >= 0.6 is 0 Å². The van der Waals surface area contributed by atoms with Crippen LogP contribution in [0.15, 0.2) is 28.8 Å². The first kappa shape index (κ1) is 18.1. The number of aromatic nitrogens is 3. The summed E-state index contributed by atoms with van der Waals surface area (Å²) in [4.78, 5) is 17.4. The van der Waals surface area contributed by atoms with Crippen LogP contribution in [0.4, 0.5) is 18.9 Å². The van der Waals surface area contributed by atoms with E-state index in [1.54, 1.807) is 0 Å². The monoisotopic (exact) mass is 382 g/mol. The van der Waals surface area contributed by atoms with Gasteiger partial charge in [0, 0.05) is 17.3 Å². The third-order valence-electron chi connectivity index (χ3n) is 3.56. The number of nitrogens with zero attached hydrogens (tertiary/aromatic N) is 4. The minimum atomic E-state index is -4.60. The first-order valence-electron chi connectivity index (χ1n) is 7.17. The van der Waals surface area contributed by atoms with Crippen LogP contribution in [0.1, 0.15) is 11.4 Å². The Kier molecular flexibility index (Phi) is 4.18. The van der Waals surface area contributed by atoms with Crippen LogP contribution in [0, 0.1) is 17.0 Å². The maximum absolute atomic E-state index is 12.7. The molecule has 0 atom stereocenters. The van der Waals surface area contributed by atoms with Crippen molar-refractivity contribution in [2.45, 2.75) is 13.1 Å². The number of phenolic OH excluding ortho intramolecular Hbond substituents is 2. The van der Waals surface area contributed by atoms with Gasteiger partial charge in [0.15, 0.2) is 5.75 Å². The number of halogens is 3. The fourth-order valence-corrected chi connectivity index (χ4v) is 2.27. The third kappa shape index (κ3) is 3.36. The first-order valence-corrected chi connectivity index (χ1v) is 7.17. The summed E-state index contributed by atoms with van der Waals surface area (Å²) in [5, 5.41) is 33.6. The van der Waals surface area contributed by atoms with Crippen molar-refractivity contribution >= 4 is 5.69 Å². The van der Waals surface area contributed by atoms with Crippen LogP contribution in [0.2, 0.25) is 0 Å². The number of hydrogen-bond donors (Lipinski definition) is 2. The zero-order valence-corrected chi connectivity index (χ0v) is 13.4. The largest absolute Gasteiger partial charge is 0.504 e. The number of aryl methyl sites for hydroxylation is 1. The molecule has 0 saturated carbocycles. The minimum Gasteiger partial charge on any atom is -0.504 e. The maximum Gasteiger partial charge on any atom is 0.433 e. The van der Waals surface area contributed by atoms with Crippen LogP contribution < -0.4 is 0 Å². The fourth-order valence-electron chi connectivity index (χ4n) is 2.27. The highest BCUT2D eigenvalue weighted by atomic mass is 19.4. The molecular formula is C15H9F3N4O5. The van der Waals surface area contributed by atoms with Gasteiger partial charge in [-0.05, 0) is 25.1 Å². The van der Waals surface area contributed by atoms with Crippen molar-refractivity contribution in [1.29, 1.82) is 0 Å². The van der Waals surface area contributed by atoms with Gasteiger partial charge in [-0.15, -0.1) is 0 Å². The van der Waals surface area contributed by atoms with Gasteiger partial charge in [-0.25, -0.2) is 4.98 Å². The van der Waals surface area contributed by atoms with Crippen molar-refractivity contribution < 1.29 is 32.8 Å². The molecule has 0 radical (unpaired) electrons. The summed E-state index contributed by atoms with van der Waals surface area (Å²) in [5.41, 5.74) is -1.76. The number of rotatable bonds is 3. The number of alkyl halides is 3. The van der Waals surface area contributed by atoms with Gasteiger partial charge >= 0.3 is 11.9 Å². The first-order chi connectivity index (χ1) is 12.6. The van der Waals surface area contributed by atoms with E-state index in [2.05, 4.69) is 15.1 Å². The zero-order valence-electron chi connectivity index (χ0n) is 13.4. The summed E-state index contributed by atoms with van der Waals surface area (Å²) in [5.74, 6) is -2.04. The molecule has 140 valence electrons. The molecule has 2 aromatic heterocycles. The molecule has 0 amide bonds. The van der Waals surface area contributed by atoms with E-state index < -0.39 is 34.0 Å². The molecular weight excluding hydrogens is 373 g/mol. The molecule has 9 nitrogen and oxygen atoms in total. The molecule has 3 aromatic rings. The van der Waals surface area contributed by atoms with Crippen molar-refractivity contribution in [3.63, 3.8) is 0 Å². The van der Waals surface area contributed by atoms with Crippen molar-refractivity contribution in [2.24, 2.45) is 0 Å². The predicted molar refractivity (Wildman–Crippen MR) is 82.7 cm³/mol. The van der Waals surface area contributed by atoms with Gasteiger partial charge in [0.1, 0.15) is 5.69 Å². The number of pyridine rings is 1. The number of aromatic hydroxyl groups is 2. The standard InChI is InChI=1S/C15H9F3N4O5/c1-6-8(2-3-11(19-6)15(16,17)18)13-20-14(27-21-13)7-4-9(22(25)26)12(24)10(23)5-7/h2-5,23-24H,1H3. The molecule has 0 aliphatic carbocycles. The number of nitro groups is 1. The molecule has 0 unspecified atom stereocenters. The molecule has 2 N–H and O–H groups in total. The summed E-state index contributed by atoms with van der Waals surface area (Å²) in [7, 11) is 0. The lowest BCUT2D eigenvalue weighted by Crippen LogP contribution is -2.09. The Morgan fingerprint density at radius 2 is 1.89 bits per heavy atom. The number of benzene rings is 1. The Bertz CT molecular complexity index is 1050. The minimum absolute atomic E-state index is 0.00305. The van der Waals surface area contributed by atoms with Crippen molar-refractivity contribution in [1.82, 2.24) is 15.1 Å². The van der Waals surface area contributed by atoms with Gasteiger partial charge in [-0.1, -0.05) is 5.16 Å². The van der Waals surface area contributed by atoms with Gasteiger partial charge in [-0.2, -0.15) is 18.2 Å². The van der Waals surface area contributed by atoms with Crippen LogP contribution in [0.5, 0.6) is 11.5 Å². The van der Waals surface area contributed by atoms with Crippen LogP contribution in [-0.4, -0.2) is 30.3 Å². The Labute approximate surface area is 147 Å². The molecule has 3 rings (SSSR count). The van der Waals surface area contributed by atoms with Crippen molar-refractivity contribution in [3.8, 4) is 34.3 Å². The molecule has 0 aliphatic rings.